The molecular weight excluding hydrogens is 146 g/mol. The summed E-state index contributed by atoms with van der Waals surface area (Å²) in [5.74, 6) is 0. The Morgan fingerprint density at radius 3 is 2.50 bits per heavy atom. The van der Waals surface area contributed by atoms with Crippen LogP contribution < -0.4 is 10.6 Å². The molecule has 0 N–H and O–H groups in total. The van der Waals surface area contributed by atoms with Gasteiger partial charge >= 0.3 is 0 Å². The van der Waals surface area contributed by atoms with Crippen molar-refractivity contribution in [3.05, 3.63) is 48.1 Å². The lowest BCUT2D eigenvalue weighted by molar-refractivity contribution is 0.889. The second-order valence-corrected chi connectivity index (χ2v) is 2.57. The van der Waals surface area contributed by atoms with E-state index in [1.807, 2.05) is 25.4 Å². The van der Waals surface area contributed by atoms with Crippen LogP contribution in [0.4, 0.5) is 0 Å². The summed E-state index contributed by atoms with van der Waals surface area (Å²) >= 11 is 0. The van der Waals surface area contributed by atoms with Crippen LogP contribution in [0.5, 0.6) is 0 Å². The number of aryl methyl sites for hydroxylation is 1. The van der Waals surface area contributed by atoms with E-state index in [1.54, 1.807) is 12.2 Å². The van der Waals surface area contributed by atoms with Crippen LogP contribution in [-0.2, 0) is 7.05 Å². The minimum atomic E-state index is 1.16. The van der Waals surface area contributed by atoms with E-state index >= 15 is 0 Å². The van der Waals surface area contributed by atoms with E-state index in [2.05, 4.69) is 23.8 Å². The summed E-state index contributed by atoms with van der Waals surface area (Å²) in [5, 5.41) is 2.33. The van der Waals surface area contributed by atoms with Crippen LogP contribution in [0.25, 0.3) is 12.2 Å². The summed E-state index contributed by atoms with van der Waals surface area (Å²) in [6.45, 7) is 7.33. The van der Waals surface area contributed by atoms with Crippen molar-refractivity contribution in [1.29, 1.82) is 0 Å². The Bertz CT molecular complexity index is 393. The van der Waals surface area contributed by atoms with E-state index in [0.29, 0.717) is 0 Å². The third kappa shape index (κ3) is 1.56. The molecule has 0 atom stereocenters. The zero-order valence-corrected chi connectivity index (χ0v) is 7.33. The second kappa shape index (κ2) is 3.77. The molecule has 0 aliphatic carbocycles. The topological polar surface area (TPSA) is 4.93 Å². The van der Waals surface area contributed by atoms with E-state index in [0.717, 1.165) is 5.35 Å². The molecule has 1 rings (SSSR count). The van der Waals surface area contributed by atoms with Gasteiger partial charge in [-0.2, -0.15) is 0 Å². The van der Waals surface area contributed by atoms with Gasteiger partial charge in [0, 0.05) is 18.6 Å². The van der Waals surface area contributed by atoms with Crippen molar-refractivity contribution in [2.24, 2.45) is 7.05 Å². The molecule has 1 nitrogen and oxygen atoms in total. The Morgan fingerprint density at radius 2 is 1.92 bits per heavy atom. The summed E-state index contributed by atoms with van der Waals surface area (Å²) in [4.78, 5) is 0. The normalized spacial score (nSPS) is 13.4. The van der Waals surface area contributed by atoms with Crippen LogP contribution in [0.15, 0.2) is 37.6 Å². The van der Waals surface area contributed by atoms with Gasteiger partial charge in [0.25, 0.3) is 0 Å². The predicted molar refractivity (Wildman–Crippen MR) is 54.0 cm³/mol. The molecule has 0 aromatic carbocycles. The molecule has 12 heavy (non-hydrogen) atoms. The Hall–Kier alpha value is -1.50. The minimum absolute atomic E-state index is 1.16. The first-order valence-corrected chi connectivity index (χ1v) is 3.86. The van der Waals surface area contributed by atoms with E-state index in [1.165, 1.54) is 5.22 Å². The summed E-state index contributed by atoms with van der Waals surface area (Å²) in [6, 6.07) is 2.05. The van der Waals surface area contributed by atoms with Crippen molar-refractivity contribution in [3.63, 3.8) is 0 Å². The Labute approximate surface area is 72.6 Å². The zero-order chi connectivity index (χ0) is 8.97. The van der Waals surface area contributed by atoms with Crippen LogP contribution in [0.1, 0.15) is 0 Å². The van der Waals surface area contributed by atoms with E-state index in [9.17, 15) is 0 Å². The van der Waals surface area contributed by atoms with Crippen LogP contribution in [0.3, 0.4) is 0 Å². The average Bonchev–Trinajstić information content (AvgIpc) is 2.37. The molecule has 0 saturated heterocycles. The predicted octanol–water partition coefficient (Wildman–Crippen LogP) is 0.958. The fraction of sp³-hybridized carbons (Fsp3) is 0.0909. The largest absolute Gasteiger partial charge is 0.351 e. The average molecular weight is 159 g/mol. The first-order valence-electron chi connectivity index (χ1n) is 3.86. The Balaban J connectivity index is 3.52. The van der Waals surface area contributed by atoms with Gasteiger partial charge in [-0.1, -0.05) is 31.4 Å². The number of hydrogen-bond acceptors (Lipinski definition) is 0. The SMILES string of the molecule is C=C/C=c1/ccn(C)/c1=C/C=C. The quantitative estimate of drug-likeness (QED) is 0.605. The maximum absolute atomic E-state index is 3.67. The molecule has 0 bridgehead atoms. The smallest absolute Gasteiger partial charge is 0.0477 e. The molecule has 0 aliphatic heterocycles. The first-order chi connectivity index (χ1) is 5.79. The molecule has 1 aromatic rings. The molecule has 0 amide bonds. The highest BCUT2D eigenvalue weighted by Gasteiger charge is 1.86. The monoisotopic (exact) mass is 159 g/mol. The highest BCUT2D eigenvalue weighted by molar-refractivity contribution is 5.40. The van der Waals surface area contributed by atoms with Gasteiger partial charge in [0.1, 0.15) is 0 Å². The van der Waals surface area contributed by atoms with Gasteiger partial charge in [-0.3, -0.25) is 0 Å². The number of rotatable bonds is 2. The number of aromatic nitrogens is 1. The maximum Gasteiger partial charge on any atom is 0.0477 e. The van der Waals surface area contributed by atoms with Crippen molar-refractivity contribution >= 4 is 12.2 Å². The molecule has 1 heteroatoms. The molecule has 62 valence electrons. The fourth-order valence-corrected chi connectivity index (χ4v) is 1.15. The first kappa shape index (κ1) is 8.60. The molecule has 0 spiro atoms. The molecule has 0 radical (unpaired) electrons. The Kier molecular flexibility index (Phi) is 2.70. The summed E-state index contributed by atoms with van der Waals surface area (Å²) in [7, 11) is 2.01. The van der Waals surface area contributed by atoms with Gasteiger partial charge in [-0.15, -0.1) is 0 Å². The van der Waals surface area contributed by atoms with Gasteiger partial charge in [0.2, 0.25) is 0 Å². The third-order valence-corrected chi connectivity index (χ3v) is 1.73. The van der Waals surface area contributed by atoms with E-state index in [-0.39, 0.29) is 0 Å². The summed E-state index contributed by atoms with van der Waals surface area (Å²) in [6.07, 6.45) is 9.56. The van der Waals surface area contributed by atoms with E-state index < -0.39 is 0 Å². The molecule has 0 aliphatic rings. The lowest BCUT2D eigenvalue weighted by Crippen LogP contribution is -2.26. The van der Waals surface area contributed by atoms with Crippen molar-refractivity contribution in [3.8, 4) is 0 Å². The fourth-order valence-electron chi connectivity index (χ4n) is 1.15. The summed E-state index contributed by atoms with van der Waals surface area (Å²) in [5.41, 5.74) is 0. The molecule has 0 fully saturated rings. The lowest BCUT2D eigenvalue weighted by Gasteiger charge is -1.87. The number of nitrogens with zero attached hydrogens (tertiary/aromatic N) is 1. The van der Waals surface area contributed by atoms with Gasteiger partial charge < -0.3 is 4.57 Å². The van der Waals surface area contributed by atoms with Crippen LogP contribution in [0.2, 0.25) is 0 Å². The lowest BCUT2D eigenvalue weighted by atomic mass is 10.3. The van der Waals surface area contributed by atoms with Gasteiger partial charge in [-0.25, -0.2) is 0 Å². The van der Waals surface area contributed by atoms with Crippen molar-refractivity contribution < 1.29 is 0 Å². The van der Waals surface area contributed by atoms with Gasteiger partial charge in [0.15, 0.2) is 0 Å². The highest BCUT2D eigenvalue weighted by atomic mass is 14.9. The summed E-state index contributed by atoms with van der Waals surface area (Å²) < 4.78 is 2.05. The van der Waals surface area contributed by atoms with Crippen molar-refractivity contribution in [1.82, 2.24) is 4.57 Å². The maximum atomic E-state index is 3.67. The third-order valence-electron chi connectivity index (χ3n) is 1.73. The standard InChI is InChI=1S/C11H13N/c1-4-6-10-8-9-12(3)11(10)7-5-2/h4-9H,1-2H2,3H3/b10-6-,11-7+. The van der Waals surface area contributed by atoms with Crippen molar-refractivity contribution in [2.45, 2.75) is 0 Å². The second-order valence-electron chi connectivity index (χ2n) is 2.57. The Morgan fingerprint density at radius 1 is 1.25 bits per heavy atom. The van der Waals surface area contributed by atoms with Gasteiger partial charge in [-0.05, 0) is 17.4 Å². The zero-order valence-electron chi connectivity index (χ0n) is 7.33. The highest BCUT2D eigenvalue weighted by Crippen LogP contribution is 1.73. The van der Waals surface area contributed by atoms with Crippen LogP contribution in [0, 0.1) is 0 Å². The molecular formula is C11H13N. The number of allylic oxidation sites excluding steroid dienone is 2. The molecule has 0 saturated carbocycles. The van der Waals surface area contributed by atoms with E-state index in [4.69, 9.17) is 0 Å². The minimum Gasteiger partial charge on any atom is -0.351 e. The molecule has 1 heterocycles. The molecule has 0 unspecified atom stereocenters. The number of hydrogen-bond donors (Lipinski definition) is 0. The van der Waals surface area contributed by atoms with Crippen LogP contribution >= 0.6 is 0 Å². The van der Waals surface area contributed by atoms with Gasteiger partial charge in [0.05, 0.1) is 0 Å². The van der Waals surface area contributed by atoms with Crippen molar-refractivity contribution in [2.75, 3.05) is 0 Å². The van der Waals surface area contributed by atoms with Crippen LogP contribution in [-0.4, -0.2) is 4.57 Å². The molecule has 1 aromatic heterocycles.